The summed E-state index contributed by atoms with van der Waals surface area (Å²) < 4.78 is 0. The lowest BCUT2D eigenvalue weighted by Crippen LogP contribution is -2.29. The summed E-state index contributed by atoms with van der Waals surface area (Å²) in [5, 5.41) is 12.2. The molecule has 0 spiro atoms. The number of carbonyl (C=O) groups excluding carboxylic acids is 1. The Balaban J connectivity index is 1.98. The number of aliphatic hydroxyl groups excluding tert-OH is 1. The number of aryl methyl sites for hydroxylation is 1. The van der Waals surface area contributed by atoms with Crippen molar-refractivity contribution in [3.63, 3.8) is 0 Å². The molecule has 20 heavy (non-hydrogen) atoms. The van der Waals surface area contributed by atoms with Crippen LogP contribution in [0.15, 0.2) is 48.5 Å². The Labute approximate surface area is 122 Å². The summed E-state index contributed by atoms with van der Waals surface area (Å²) in [5.74, 6) is -0.209. The standard InChI is InChI=1S/C16H17NO2S/c1-12-7-8-14(20-12)9-10-16(19)17-15(11-18)13-5-3-2-4-6-13/h2-10,15,18H,11H2,1H3,(H,17,19). The van der Waals surface area contributed by atoms with Gasteiger partial charge in [0.1, 0.15) is 0 Å². The number of amides is 1. The van der Waals surface area contributed by atoms with E-state index in [0.29, 0.717) is 0 Å². The second-order valence-corrected chi connectivity index (χ2v) is 5.76. The van der Waals surface area contributed by atoms with E-state index in [2.05, 4.69) is 5.32 Å². The summed E-state index contributed by atoms with van der Waals surface area (Å²) in [6, 6.07) is 13.1. The fourth-order valence-electron chi connectivity index (χ4n) is 1.84. The van der Waals surface area contributed by atoms with Crippen molar-refractivity contribution in [3.8, 4) is 0 Å². The van der Waals surface area contributed by atoms with Crippen LogP contribution in [0.2, 0.25) is 0 Å². The van der Waals surface area contributed by atoms with Crippen LogP contribution in [0.3, 0.4) is 0 Å². The maximum Gasteiger partial charge on any atom is 0.244 e. The molecule has 1 aromatic carbocycles. The summed E-state index contributed by atoms with van der Waals surface area (Å²) in [7, 11) is 0. The minimum atomic E-state index is -0.376. The quantitative estimate of drug-likeness (QED) is 0.831. The van der Waals surface area contributed by atoms with Crippen LogP contribution in [0.4, 0.5) is 0 Å². The Hall–Kier alpha value is -1.91. The lowest BCUT2D eigenvalue weighted by Gasteiger charge is -2.15. The van der Waals surface area contributed by atoms with Gasteiger partial charge in [-0.25, -0.2) is 0 Å². The molecule has 1 amide bonds. The molecule has 0 saturated heterocycles. The molecule has 1 unspecified atom stereocenters. The molecule has 1 aromatic heterocycles. The molecule has 4 heteroatoms. The molecule has 1 atom stereocenters. The van der Waals surface area contributed by atoms with E-state index in [1.807, 2.05) is 49.4 Å². The number of hydrogen-bond acceptors (Lipinski definition) is 3. The number of aliphatic hydroxyl groups is 1. The van der Waals surface area contributed by atoms with Crippen LogP contribution in [0.25, 0.3) is 6.08 Å². The summed E-state index contributed by atoms with van der Waals surface area (Å²) in [6.07, 6.45) is 3.28. The zero-order valence-corrected chi connectivity index (χ0v) is 12.1. The molecule has 0 saturated carbocycles. The molecule has 2 N–H and O–H groups in total. The smallest absolute Gasteiger partial charge is 0.244 e. The second-order valence-electron chi connectivity index (χ2n) is 4.44. The van der Waals surface area contributed by atoms with Crippen LogP contribution in [0.1, 0.15) is 21.4 Å². The Kier molecular flexibility index (Phi) is 5.09. The van der Waals surface area contributed by atoms with Crippen molar-refractivity contribution < 1.29 is 9.90 Å². The van der Waals surface area contributed by atoms with Gasteiger partial charge in [-0.3, -0.25) is 4.79 Å². The van der Waals surface area contributed by atoms with E-state index in [4.69, 9.17) is 0 Å². The third kappa shape index (κ3) is 4.05. The van der Waals surface area contributed by atoms with Gasteiger partial charge in [-0.05, 0) is 30.7 Å². The van der Waals surface area contributed by atoms with Crippen LogP contribution >= 0.6 is 11.3 Å². The zero-order valence-electron chi connectivity index (χ0n) is 11.2. The number of benzene rings is 1. The Morgan fingerprint density at radius 3 is 2.65 bits per heavy atom. The number of hydrogen-bond donors (Lipinski definition) is 2. The van der Waals surface area contributed by atoms with Gasteiger partial charge in [0.2, 0.25) is 5.91 Å². The van der Waals surface area contributed by atoms with Crippen LogP contribution in [-0.2, 0) is 4.79 Å². The third-order valence-corrected chi connectivity index (χ3v) is 3.83. The molecule has 0 bridgehead atoms. The van der Waals surface area contributed by atoms with Crippen molar-refractivity contribution >= 4 is 23.3 Å². The Morgan fingerprint density at radius 2 is 2.05 bits per heavy atom. The number of nitrogens with one attached hydrogen (secondary N) is 1. The minimum Gasteiger partial charge on any atom is -0.394 e. The summed E-state index contributed by atoms with van der Waals surface area (Å²) in [6.45, 7) is 1.90. The topological polar surface area (TPSA) is 49.3 Å². The average Bonchev–Trinajstić information content (AvgIpc) is 2.89. The molecule has 0 aliphatic rings. The van der Waals surface area contributed by atoms with Crippen molar-refractivity contribution in [2.24, 2.45) is 0 Å². The maximum atomic E-state index is 11.9. The lowest BCUT2D eigenvalue weighted by atomic mass is 10.1. The van der Waals surface area contributed by atoms with E-state index in [9.17, 15) is 9.90 Å². The first-order valence-electron chi connectivity index (χ1n) is 6.40. The van der Waals surface area contributed by atoms with Gasteiger partial charge in [0.15, 0.2) is 0 Å². The van der Waals surface area contributed by atoms with Crippen molar-refractivity contribution in [1.82, 2.24) is 5.32 Å². The first-order chi connectivity index (χ1) is 9.69. The first kappa shape index (κ1) is 14.5. The molecule has 3 nitrogen and oxygen atoms in total. The summed E-state index contributed by atoms with van der Waals surface area (Å²) >= 11 is 1.63. The molecule has 0 aliphatic heterocycles. The lowest BCUT2D eigenvalue weighted by molar-refractivity contribution is -0.117. The van der Waals surface area contributed by atoms with E-state index in [1.165, 1.54) is 11.0 Å². The van der Waals surface area contributed by atoms with Crippen molar-refractivity contribution in [1.29, 1.82) is 0 Å². The molecule has 0 fully saturated rings. The summed E-state index contributed by atoms with van der Waals surface area (Å²) in [4.78, 5) is 14.1. The predicted octanol–water partition coefficient (Wildman–Crippen LogP) is 2.92. The second kappa shape index (κ2) is 7.03. The van der Waals surface area contributed by atoms with Crippen molar-refractivity contribution in [3.05, 3.63) is 63.9 Å². The fraction of sp³-hybridized carbons (Fsp3) is 0.188. The monoisotopic (exact) mass is 287 g/mol. The van der Waals surface area contributed by atoms with Crippen LogP contribution < -0.4 is 5.32 Å². The van der Waals surface area contributed by atoms with Gasteiger partial charge in [0.25, 0.3) is 0 Å². The zero-order chi connectivity index (χ0) is 14.4. The van der Waals surface area contributed by atoms with Gasteiger partial charge < -0.3 is 10.4 Å². The van der Waals surface area contributed by atoms with Crippen molar-refractivity contribution in [2.45, 2.75) is 13.0 Å². The molecule has 1 heterocycles. The predicted molar refractivity (Wildman–Crippen MR) is 82.5 cm³/mol. The molecular weight excluding hydrogens is 270 g/mol. The highest BCUT2D eigenvalue weighted by Crippen LogP contribution is 2.16. The third-order valence-electron chi connectivity index (χ3n) is 2.86. The highest BCUT2D eigenvalue weighted by molar-refractivity contribution is 7.12. The van der Waals surface area contributed by atoms with E-state index in [1.54, 1.807) is 17.4 Å². The highest BCUT2D eigenvalue weighted by atomic mass is 32.1. The highest BCUT2D eigenvalue weighted by Gasteiger charge is 2.11. The van der Waals surface area contributed by atoms with Gasteiger partial charge >= 0.3 is 0 Å². The molecule has 2 rings (SSSR count). The van der Waals surface area contributed by atoms with Crippen LogP contribution in [0, 0.1) is 6.92 Å². The molecule has 0 radical (unpaired) electrons. The summed E-state index contributed by atoms with van der Waals surface area (Å²) in [5.41, 5.74) is 0.892. The average molecular weight is 287 g/mol. The van der Waals surface area contributed by atoms with Gasteiger partial charge in [-0.15, -0.1) is 11.3 Å². The Morgan fingerprint density at radius 1 is 1.30 bits per heavy atom. The molecule has 0 aliphatic carbocycles. The maximum absolute atomic E-state index is 11.9. The van der Waals surface area contributed by atoms with Gasteiger partial charge in [0.05, 0.1) is 12.6 Å². The molecule has 2 aromatic rings. The number of carbonyl (C=O) groups is 1. The minimum absolute atomic E-state index is 0.123. The first-order valence-corrected chi connectivity index (χ1v) is 7.21. The number of thiophene rings is 1. The van der Waals surface area contributed by atoms with Crippen LogP contribution in [0.5, 0.6) is 0 Å². The van der Waals surface area contributed by atoms with Crippen LogP contribution in [-0.4, -0.2) is 17.6 Å². The fourth-order valence-corrected chi connectivity index (χ4v) is 2.62. The molecular formula is C16H17NO2S. The SMILES string of the molecule is Cc1ccc(C=CC(=O)NC(CO)c2ccccc2)s1. The number of rotatable bonds is 5. The van der Waals surface area contributed by atoms with E-state index in [-0.39, 0.29) is 18.6 Å². The van der Waals surface area contributed by atoms with E-state index < -0.39 is 0 Å². The Bertz CT molecular complexity index is 590. The normalized spacial score (nSPS) is 12.5. The van der Waals surface area contributed by atoms with Gasteiger partial charge in [-0.2, -0.15) is 0 Å². The van der Waals surface area contributed by atoms with Gasteiger partial charge in [-0.1, -0.05) is 30.3 Å². The van der Waals surface area contributed by atoms with Gasteiger partial charge in [0, 0.05) is 15.8 Å². The van der Waals surface area contributed by atoms with E-state index >= 15 is 0 Å². The molecule has 104 valence electrons. The largest absolute Gasteiger partial charge is 0.394 e. The van der Waals surface area contributed by atoms with E-state index in [0.717, 1.165) is 10.4 Å². The van der Waals surface area contributed by atoms with Crippen molar-refractivity contribution in [2.75, 3.05) is 6.61 Å².